The molecule has 0 aliphatic carbocycles. The van der Waals surface area contributed by atoms with Gasteiger partial charge in [-0.3, -0.25) is 14.7 Å². The SMILES string of the molecule is CC(C)Oc1cncc(N2CCN(C(=O)C3CCCN3C)CC2)n1. The van der Waals surface area contributed by atoms with Crippen LogP contribution in [-0.2, 0) is 4.79 Å². The maximum Gasteiger partial charge on any atom is 0.240 e. The number of aromatic nitrogens is 2. The molecule has 0 radical (unpaired) electrons. The van der Waals surface area contributed by atoms with Crippen molar-refractivity contribution < 1.29 is 9.53 Å². The highest BCUT2D eigenvalue weighted by Crippen LogP contribution is 2.20. The van der Waals surface area contributed by atoms with Gasteiger partial charge < -0.3 is 14.5 Å². The average Bonchev–Trinajstić information content (AvgIpc) is 3.00. The molecule has 7 heteroatoms. The number of hydrogen-bond donors (Lipinski definition) is 0. The summed E-state index contributed by atoms with van der Waals surface area (Å²) < 4.78 is 5.61. The summed E-state index contributed by atoms with van der Waals surface area (Å²) in [5, 5.41) is 0. The predicted octanol–water partition coefficient (Wildman–Crippen LogP) is 1.01. The molecule has 1 unspecified atom stereocenters. The molecule has 0 spiro atoms. The van der Waals surface area contributed by atoms with E-state index in [0.29, 0.717) is 5.88 Å². The number of likely N-dealkylation sites (tertiary alicyclic amines) is 1. The van der Waals surface area contributed by atoms with Gasteiger partial charge >= 0.3 is 0 Å². The van der Waals surface area contributed by atoms with Crippen molar-refractivity contribution in [2.75, 3.05) is 44.7 Å². The van der Waals surface area contributed by atoms with Crippen molar-refractivity contribution >= 4 is 11.7 Å². The van der Waals surface area contributed by atoms with Gasteiger partial charge in [-0.2, -0.15) is 4.98 Å². The number of ether oxygens (including phenoxy) is 1. The number of likely N-dealkylation sites (N-methyl/N-ethyl adjacent to an activating group) is 1. The van der Waals surface area contributed by atoms with E-state index >= 15 is 0 Å². The first-order chi connectivity index (χ1) is 11.5. The van der Waals surface area contributed by atoms with E-state index < -0.39 is 0 Å². The van der Waals surface area contributed by atoms with Gasteiger partial charge in [0.2, 0.25) is 11.8 Å². The van der Waals surface area contributed by atoms with E-state index in [4.69, 9.17) is 4.74 Å². The molecule has 2 aliphatic heterocycles. The molecule has 2 fully saturated rings. The summed E-state index contributed by atoms with van der Waals surface area (Å²) in [6.45, 7) is 8.00. The summed E-state index contributed by atoms with van der Waals surface area (Å²) in [4.78, 5) is 27.7. The van der Waals surface area contributed by atoms with Crippen LogP contribution in [0.5, 0.6) is 5.88 Å². The molecule has 1 aromatic heterocycles. The van der Waals surface area contributed by atoms with Crippen molar-refractivity contribution in [3.05, 3.63) is 12.4 Å². The summed E-state index contributed by atoms with van der Waals surface area (Å²) in [5.41, 5.74) is 0. The Morgan fingerprint density at radius 3 is 2.58 bits per heavy atom. The van der Waals surface area contributed by atoms with Gasteiger partial charge in [0.15, 0.2) is 5.82 Å². The molecule has 1 amide bonds. The molecule has 3 heterocycles. The smallest absolute Gasteiger partial charge is 0.240 e. The lowest BCUT2D eigenvalue weighted by atomic mass is 10.1. The predicted molar refractivity (Wildman–Crippen MR) is 92.2 cm³/mol. The minimum atomic E-state index is 0.0686. The fourth-order valence-electron chi connectivity index (χ4n) is 3.38. The number of piperazine rings is 1. The van der Waals surface area contributed by atoms with Crippen LogP contribution >= 0.6 is 0 Å². The van der Waals surface area contributed by atoms with E-state index in [2.05, 4.69) is 19.8 Å². The first-order valence-electron chi connectivity index (χ1n) is 8.77. The lowest BCUT2D eigenvalue weighted by molar-refractivity contribution is -0.135. The van der Waals surface area contributed by atoms with Gasteiger partial charge in [-0.1, -0.05) is 0 Å². The van der Waals surface area contributed by atoms with E-state index in [-0.39, 0.29) is 18.1 Å². The van der Waals surface area contributed by atoms with Gasteiger partial charge in [-0.25, -0.2) is 0 Å². The molecule has 132 valence electrons. The number of rotatable bonds is 4. The summed E-state index contributed by atoms with van der Waals surface area (Å²) >= 11 is 0. The van der Waals surface area contributed by atoms with Crippen LogP contribution in [0.2, 0.25) is 0 Å². The zero-order valence-electron chi connectivity index (χ0n) is 14.8. The van der Waals surface area contributed by atoms with E-state index in [1.54, 1.807) is 12.4 Å². The molecular weight excluding hydrogens is 306 g/mol. The maximum atomic E-state index is 12.6. The molecule has 24 heavy (non-hydrogen) atoms. The Labute approximate surface area is 143 Å². The highest BCUT2D eigenvalue weighted by atomic mass is 16.5. The third kappa shape index (κ3) is 3.77. The Balaban J connectivity index is 1.58. The highest BCUT2D eigenvalue weighted by Gasteiger charge is 2.33. The van der Waals surface area contributed by atoms with Gasteiger partial charge in [0.1, 0.15) is 0 Å². The van der Waals surface area contributed by atoms with Gasteiger partial charge in [-0.15, -0.1) is 0 Å². The maximum absolute atomic E-state index is 12.6. The third-order valence-electron chi connectivity index (χ3n) is 4.68. The minimum Gasteiger partial charge on any atom is -0.474 e. The first kappa shape index (κ1) is 17.0. The lowest BCUT2D eigenvalue weighted by Gasteiger charge is -2.37. The van der Waals surface area contributed by atoms with E-state index in [9.17, 15) is 4.79 Å². The summed E-state index contributed by atoms with van der Waals surface area (Å²) in [6, 6.07) is 0.0686. The monoisotopic (exact) mass is 333 g/mol. The Morgan fingerprint density at radius 1 is 1.21 bits per heavy atom. The number of amides is 1. The van der Waals surface area contributed by atoms with Crippen molar-refractivity contribution in [3.63, 3.8) is 0 Å². The summed E-state index contributed by atoms with van der Waals surface area (Å²) in [7, 11) is 2.04. The Kier molecular flexibility index (Phi) is 5.18. The van der Waals surface area contributed by atoms with Crippen LogP contribution in [0, 0.1) is 0 Å². The van der Waals surface area contributed by atoms with Crippen molar-refractivity contribution in [1.82, 2.24) is 19.8 Å². The van der Waals surface area contributed by atoms with Crippen molar-refractivity contribution in [2.45, 2.75) is 38.8 Å². The van der Waals surface area contributed by atoms with Gasteiger partial charge in [0, 0.05) is 26.2 Å². The fourth-order valence-corrected chi connectivity index (χ4v) is 3.38. The molecule has 1 atom stereocenters. The van der Waals surface area contributed by atoms with E-state index in [1.165, 1.54) is 0 Å². The molecule has 2 aliphatic rings. The number of nitrogens with zero attached hydrogens (tertiary/aromatic N) is 5. The van der Waals surface area contributed by atoms with Gasteiger partial charge in [0.05, 0.1) is 24.5 Å². The standard InChI is InChI=1S/C17H27N5O2/c1-13(2)24-16-12-18-11-15(19-16)21-7-9-22(10-8-21)17(23)14-5-4-6-20(14)3/h11-14H,4-10H2,1-3H3. The number of anilines is 1. The minimum absolute atomic E-state index is 0.0686. The number of carbonyl (C=O) groups is 1. The molecule has 3 rings (SSSR count). The molecular formula is C17H27N5O2. The normalized spacial score (nSPS) is 22.2. The molecule has 0 bridgehead atoms. The third-order valence-corrected chi connectivity index (χ3v) is 4.68. The lowest BCUT2D eigenvalue weighted by Crippen LogP contribution is -2.53. The number of hydrogen-bond acceptors (Lipinski definition) is 6. The van der Waals surface area contributed by atoms with Crippen molar-refractivity contribution in [3.8, 4) is 5.88 Å². The first-order valence-corrected chi connectivity index (χ1v) is 8.77. The van der Waals surface area contributed by atoms with E-state index in [0.717, 1.165) is 51.4 Å². The zero-order valence-corrected chi connectivity index (χ0v) is 14.8. The molecule has 7 nitrogen and oxygen atoms in total. The van der Waals surface area contributed by atoms with Crippen LogP contribution in [0.1, 0.15) is 26.7 Å². The highest BCUT2D eigenvalue weighted by molar-refractivity contribution is 5.82. The van der Waals surface area contributed by atoms with Crippen LogP contribution in [0.15, 0.2) is 12.4 Å². The van der Waals surface area contributed by atoms with Gasteiger partial charge in [0.25, 0.3) is 0 Å². The second-order valence-electron chi connectivity index (χ2n) is 6.83. The molecule has 0 saturated carbocycles. The summed E-state index contributed by atoms with van der Waals surface area (Å²) in [5.74, 6) is 1.64. The van der Waals surface area contributed by atoms with E-state index in [1.807, 2.05) is 25.8 Å². The van der Waals surface area contributed by atoms with Crippen LogP contribution < -0.4 is 9.64 Å². The van der Waals surface area contributed by atoms with Crippen LogP contribution in [0.3, 0.4) is 0 Å². The Hall–Kier alpha value is -1.89. The van der Waals surface area contributed by atoms with Gasteiger partial charge in [-0.05, 0) is 40.3 Å². The Bertz CT molecular complexity index is 572. The average molecular weight is 333 g/mol. The second-order valence-corrected chi connectivity index (χ2v) is 6.83. The summed E-state index contributed by atoms with van der Waals surface area (Å²) in [6.07, 6.45) is 5.57. The Morgan fingerprint density at radius 2 is 1.96 bits per heavy atom. The quantitative estimate of drug-likeness (QED) is 0.819. The second kappa shape index (κ2) is 7.34. The molecule has 0 aromatic carbocycles. The topological polar surface area (TPSA) is 61.8 Å². The van der Waals surface area contributed by atoms with Crippen LogP contribution in [0.25, 0.3) is 0 Å². The molecule has 2 saturated heterocycles. The largest absolute Gasteiger partial charge is 0.474 e. The van der Waals surface area contributed by atoms with Crippen LogP contribution in [0.4, 0.5) is 5.82 Å². The van der Waals surface area contributed by atoms with Crippen molar-refractivity contribution in [1.29, 1.82) is 0 Å². The number of carbonyl (C=O) groups excluding carboxylic acids is 1. The van der Waals surface area contributed by atoms with Crippen molar-refractivity contribution in [2.24, 2.45) is 0 Å². The fraction of sp³-hybridized carbons (Fsp3) is 0.706. The van der Waals surface area contributed by atoms with Crippen LogP contribution in [-0.4, -0.2) is 77.6 Å². The molecule has 1 aromatic rings. The molecule has 0 N–H and O–H groups in total. The zero-order chi connectivity index (χ0) is 17.1.